The molecule has 0 aliphatic rings. The fourth-order valence-electron chi connectivity index (χ4n) is 7.30. The summed E-state index contributed by atoms with van der Waals surface area (Å²) in [5.41, 5.74) is 9.77. The normalized spacial score (nSPS) is 11.7. The summed E-state index contributed by atoms with van der Waals surface area (Å²) in [4.78, 5) is 2.41. The van der Waals surface area contributed by atoms with Crippen molar-refractivity contribution < 1.29 is 4.42 Å². The standard InChI is InChI=1S/C46H29NOS/c1-3-11-30(12-4-1)34-20-23-38-40-29-36(22-26-43(40)49-44(38)28-34)47(35-21-19-31-13-7-8-16-33(31)27-35)41-25-24-37(32-14-5-2-6-15-32)46-45(41)39-17-9-10-18-42(39)48-46/h1-29H. The van der Waals surface area contributed by atoms with Crippen molar-refractivity contribution in [2.45, 2.75) is 0 Å². The molecule has 2 heterocycles. The molecule has 2 aromatic heterocycles. The second-order valence-corrected chi connectivity index (χ2v) is 13.6. The van der Waals surface area contributed by atoms with Gasteiger partial charge in [0.2, 0.25) is 0 Å². The third-order valence-electron chi connectivity index (χ3n) is 9.64. The van der Waals surface area contributed by atoms with Crippen LogP contribution in [0.15, 0.2) is 180 Å². The lowest BCUT2D eigenvalue weighted by atomic mass is 9.99. The van der Waals surface area contributed by atoms with Gasteiger partial charge >= 0.3 is 0 Å². The van der Waals surface area contributed by atoms with E-state index in [-0.39, 0.29) is 0 Å². The maximum absolute atomic E-state index is 6.71. The molecule has 0 bridgehead atoms. The Bertz CT molecular complexity index is 2830. The Balaban J connectivity index is 1.23. The van der Waals surface area contributed by atoms with E-state index in [0.717, 1.165) is 50.1 Å². The van der Waals surface area contributed by atoms with Crippen molar-refractivity contribution in [1.82, 2.24) is 0 Å². The van der Waals surface area contributed by atoms with Crippen LogP contribution in [0.3, 0.4) is 0 Å². The molecule has 2 nitrogen and oxygen atoms in total. The molecule has 0 aliphatic carbocycles. The van der Waals surface area contributed by atoms with E-state index in [9.17, 15) is 0 Å². The minimum atomic E-state index is 0.883. The summed E-state index contributed by atoms with van der Waals surface area (Å²) in [5, 5.41) is 7.17. The largest absolute Gasteiger partial charge is 0.455 e. The zero-order valence-corrected chi connectivity index (χ0v) is 27.3. The fourth-order valence-corrected chi connectivity index (χ4v) is 8.43. The number of thiophene rings is 1. The maximum atomic E-state index is 6.71. The molecule has 0 saturated heterocycles. The predicted molar refractivity (Wildman–Crippen MR) is 210 cm³/mol. The molecule has 3 heteroatoms. The summed E-state index contributed by atoms with van der Waals surface area (Å²) < 4.78 is 9.28. The number of anilines is 3. The van der Waals surface area contributed by atoms with E-state index < -0.39 is 0 Å². The van der Waals surface area contributed by atoms with Crippen molar-refractivity contribution in [3.63, 3.8) is 0 Å². The monoisotopic (exact) mass is 643 g/mol. The van der Waals surface area contributed by atoms with Crippen molar-refractivity contribution in [3.05, 3.63) is 176 Å². The quantitative estimate of drug-likeness (QED) is 0.186. The van der Waals surface area contributed by atoms with Crippen molar-refractivity contribution in [1.29, 1.82) is 0 Å². The smallest absolute Gasteiger partial charge is 0.145 e. The van der Waals surface area contributed by atoms with Gasteiger partial charge in [-0.15, -0.1) is 11.3 Å². The Labute approximate surface area is 287 Å². The van der Waals surface area contributed by atoms with E-state index in [1.165, 1.54) is 42.1 Å². The predicted octanol–water partition coefficient (Wildman–Crippen LogP) is 13.9. The first-order valence-electron chi connectivity index (χ1n) is 16.6. The van der Waals surface area contributed by atoms with Crippen LogP contribution in [0.2, 0.25) is 0 Å². The minimum Gasteiger partial charge on any atom is -0.455 e. The molecule has 0 saturated carbocycles. The zero-order valence-electron chi connectivity index (χ0n) is 26.5. The van der Waals surface area contributed by atoms with E-state index in [1.54, 1.807) is 0 Å². The number of para-hydroxylation sites is 1. The zero-order chi connectivity index (χ0) is 32.3. The van der Waals surface area contributed by atoms with Gasteiger partial charge in [0.15, 0.2) is 0 Å². The van der Waals surface area contributed by atoms with Crippen LogP contribution in [0.4, 0.5) is 17.1 Å². The van der Waals surface area contributed by atoms with Gasteiger partial charge in [0.05, 0.1) is 11.1 Å². The summed E-state index contributed by atoms with van der Waals surface area (Å²) in [6.07, 6.45) is 0. The van der Waals surface area contributed by atoms with Crippen LogP contribution in [0.5, 0.6) is 0 Å². The van der Waals surface area contributed by atoms with Crippen molar-refractivity contribution in [2.75, 3.05) is 4.90 Å². The van der Waals surface area contributed by atoms with Crippen LogP contribution in [-0.4, -0.2) is 0 Å². The SMILES string of the molecule is c1ccc(-c2ccc3c(c2)sc2ccc(N(c4ccc5ccccc5c4)c4ccc(-c5ccccc5)c5oc6ccccc6c45)cc23)cc1. The maximum Gasteiger partial charge on any atom is 0.145 e. The Hall–Kier alpha value is -6.16. The second-order valence-electron chi connectivity index (χ2n) is 12.5. The van der Waals surface area contributed by atoms with Gasteiger partial charge in [0, 0.05) is 42.5 Å². The van der Waals surface area contributed by atoms with E-state index in [0.29, 0.717) is 0 Å². The van der Waals surface area contributed by atoms with Crippen LogP contribution in [0, 0.1) is 0 Å². The van der Waals surface area contributed by atoms with Crippen molar-refractivity contribution in [3.8, 4) is 22.3 Å². The molecule has 0 N–H and O–H groups in total. The molecule has 10 rings (SSSR count). The summed E-state index contributed by atoms with van der Waals surface area (Å²) in [6, 6.07) is 63.2. The number of hydrogen-bond acceptors (Lipinski definition) is 3. The summed E-state index contributed by atoms with van der Waals surface area (Å²) in [6.45, 7) is 0. The number of fused-ring (bicyclic) bond motifs is 7. The molecule has 0 fully saturated rings. The topological polar surface area (TPSA) is 16.4 Å². The van der Waals surface area contributed by atoms with Gasteiger partial charge in [-0.25, -0.2) is 0 Å². The molecular weight excluding hydrogens is 615 g/mol. The lowest BCUT2D eigenvalue weighted by molar-refractivity contribution is 0.670. The lowest BCUT2D eigenvalue weighted by Crippen LogP contribution is -2.10. The fraction of sp³-hybridized carbons (Fsp3) is 0. The first-order valence-corrected chi connectivity index (χ1v) is 17.4. The number of furan rings is 1. The minimum absolute atomic E-state index is 0.883. The van der Waals surface area contributed by atoms with Crippen LogP contribution < -0.4 is 4.90 Å². The van der Waals surface area contributed by atoms with E-state index in [1.807, 2.05) is 17.4 Å². The van der Waals surface area contributed by atoms with Gasteiger partial charge in [-0.05, 0) is 82.1 Å². The van der Waals surface area contributed by atoms with Crippen LogP contribution in [-0.2, 0) is 0 Å². The molecule has 0 unspecified atom stereocenters. The van der Waals surface area contributed by atoms with Gasteiger partial charge in [0.25, 0.3) is 0 Å². The summed E-state index contributed by atoms with van der Waals surface area (Å²) in [7, 11) is 0. The van der Waals surface area contributed by atoms with Crippen molar-refractivity contribution in [2.24, 2.45) is 0 Å². The van der Waals surface area contributed by atoms with Gasteiger partial charge < -0.3 is 9.32 Å². The van der Waals surface area contributed by atoms with Crippen LogP contribution in [0.1, 0.15) is 0 Å². The molecule has 0 atom stereocenters. The molecule has 230 valence electrons. The first kappa shape index (κ1) is 27.9. The second kappa shape index (κ2) is 11.2. The highest BCUT2D eigenvalue weighted by molar-refractivity contribution is 7.25. The lowest BCUT2D eigenvalue weighted by Gasteiger charge is -2.27. The third kappa shape index (κ3) is 4.62. The average molecular weight is 644 g/mol. The summed E-state index contributed by atoms with van der Waals surface area (Å²) >= 11 is 1.86. The highest BCUT2D eigenvalue weighted by atomic mass is 32.1. The Kier molecular flexibility index (Phi) is 6.39. The van der Waals surface area contributed by atoms with E-state index in [2.05, 4.69) is 175 Å². The number of hydrogen-bond donors (Lipinski definition) is 0. The average Bonchev–Trinajstić information content (AvgIpc) is 3.74. The van der Waals surface area contributed by atoms with Gasteiger partial charge in [-0.1, -0.05) is 121 Å². The van der Waals surface area contributed by atoms with E-state index >= 15 is 0 Å². The van der Waals surface area contributed by atoms with E-state index in [4.69, 9.17) is 4.42 Å². The van der Waals surface area contributed by atoms with Gasteiger partial charge in [-0.3, -0.25) is 0 Å². The van der Waals surface area contributed by atoms with Gasteiger partial charge in [-0.2, -0.15) is 0 Å². The molecule has 0 aliphatic heterocycles. The molecule has 0 radical (unpaired) electrons. The Morgan fingerprint density at radius 1 is 0.429 bits per heavy atom. The van der Waals surface area contributed by atoms with Crippen LogP contribution >= 0.6 is 11.3 Å². The van der Waals surface area contributed by atoms with Crippen LogP contribution in [0.25, 0.3) is 75.1 Å². The number of nitrogens with zero attached hydrogens (tertiary/aromatic N) is 1. The molecule has 0 spiro atoms. The number of rotatable bonds is 5. The van der Waals surface area contributed by atoms with Gasteiger partial charge in [0.1, 0.15) is 11.2 Å². The molecular formula is C46H29NOS. The number of benzene rings is 8. The third-order valence-corrected chi connectivity index (χ3v) is 10.8. The Morgan fingerprint density at radius 3 is 2.00 bits per heavy atom. The molecule has 49 heavy (non-hydrogen) atoms. The molecule has 10 aromatic rings. The molecule has 8 aromatic carbocycles. The summed E-state index contributed by atoms with van der Waals surface area (Å²) in [5.74, 6) is 0. The highest BCUT2D eigenvalue weighted by Gasteiger charge is 2.23. The Morgan fingerprint density at radius 2 is 1.14 bits per heavy atom. The highest BCUT2D eigenvalue weighted by Crippen LogP contribution is 2.48. The van der Waals surface area contributed by atoms with Crippen molar-refractivity contribution >= 4 is 81.3 Å². The molecule has 0 amide bonds. The first-order chi connectivity index (χ1) is 24.3.